The van der Waals surface area contributed by atoms with Gasteiger partial charge in [-0.25, -0.2) is 0 Å². The van der Waals surface area contributed by atoms with E-state index in [1.807, 2.05) is 6.07 Å². The summed E-state index contributed by atoms with van der Waals surface area (Å²) in [6.07, 6.45) is 1.44. The normalized spacial score (nSPS) is 9.59. The third-order valence-corrected chi connectivity index (χ3v) is 2.18. The van der Waals surface area contributed by atoms with Crippen molar-refractivity contribution < 1.29 is 9.32 Å². The number of nitrogens with zero attached hydrogens (tertiary/aromatic N) is 2. The van der Waals surface area contributed by atoms with Gasteiger partial charge in [-0.3, -0.25) is 4.79 Å². The van der Waals surface area contributed by atoms with E-state index in [4.69, 9.17) is 5.26 Å². The highest BCUT2D eigenvalue weighted by atomic mass is 16.5. The van der Waals surface area contributed by atoms with Crippen molar-refractivity contribution in [1.29, 1.82) is 5.26 Å². The van der Waals surface area contributed by atoms with Crippen molar-refractivity contribution in [2.45, 2.75) is 6.54 Å². The average Bonchev–Trinajstić information content (AvgIpc) is 2.89. The molecule has 1 aromatic heterocycles. The maximum atomic E-state index is 11.7. The summed E-state index contributed by atoms with van der Waals surface area (Å²) in [5.41, 5.74) is 1.56. The molecule has 2 rings (SSSR count). The van der Waals surface area contributed by atoms with Gasteiger partial charge in [-0.05, 0) is 18.2 Å². The highest BCUT2D eigenvalue weighted by Gasteiger charge is 2.06. The van der Waals surface area contributed by atoms with Crippen LogP contribution in [-0.2, 0) is 6.54 Å². The van der Waals surface area contributed by atoms with E-state index in [9.17, 15) is 4.79 Å². The van der Waals surface area contributed by atoms with Crippen molar-refractivity contribution in [3.05, 3.63) is 53.4 Å². The van der Waals surface area contributed by atoms with Gasteiger partial charge < -0.3 is 9.84 Å². The SMILES string of the molecule is N#Cc1cccc(C(=O)NCc2ccon2)c1. The second-order valence-corrected chi connectivity index (χ2v) is 3.37. The summed E-state index contributed by atoms with van der Waals surface area (Å²) < 4.78 is 4.64. The van der Waals surface area contributed by atoms with Crippen molar-refractivity contribution in [1.82, 2.24) is 10.5 Å². The van der Waals surface area contributed by atoms with E-state index in [1.165, 1.54) is 12.3 Å². The second-order valence-electron chi connectivity index (χ2n) is 3.37. The fraction of sp³-hybridized carbons (Fsp3) is 0.0833. The molecule has 1 N–H and O–H groups in total. The van der Waals surface area contributed by atoms with Crippen molar-refractivity contribution in [3.63, 3.8) is 0 Å². The maximum Gasteiger partial charge on any atom is 0.251 e. The molecule has 0 aliphatic heterocycles. The molecule has 0 bridgehead atoms. The number of carbonyl (C=O) groups excluding carboxylic acids is 1. The molecule has 0 saturated carbocycles. The van der Waals surface area contributed by atoms with E-state index >= 15 is 0 Å². The molecule has 1 aromatic carbocycles. The Hall–Kier alpha value is -2.61. The summed E-state index contributed by atoms with van der Waals surface area (Å²) in [4.78, 5) is 11.7. The van der Waals surface area contributed by atoms with E-state index in [0.29, 0.717) is 23.4 Å². The smallest absolute Gasteiger partial charge is 0.251 e. The Labute approximate surface area is 97.7 Å². The van der Waals surface area contributed by atoms with Gasteiger partial charge in [0.1, 0.15) is 12.0 Å². The molecule has 0 aliphatic rings. The van der Waals surface area contributed by atoms with Crippen LogP contribution in [0.15, 0.2) is 41.1 Å². The Bertz CT molecular complexity index is 555. The van der Waals surface area contributed by atoms with Crippen LogP contribution in [0, 0.1) is 11.3 Å². The van der Waals surface area contributed by atoms with Crippen molar-refractivity contribution in [3.8, 4) is 6.07 Å². The van der Waals surface area contributed by atoms with Crippen LogP contribution in [0.1, 0.15) is 21.6 Å². The first-order valence-electron chi connectivity index (χ1n) is 4.97. The Kier molecular flexibility index (Phi) is 3.17. The van der Waals surface area contributed by atoms with E-state index in [0.717, 1.165) is 0 Å². The third kappa shape index (κ3) is 2.69. The lowest BCUT2D eigenvalue weighted by atomic mass is 10.1. The van der Waals surface area contributed by atoms with Crippen LogP contribution < -0.4 is 5.32 Å². The Morgan fingerprint density at radius 2 is 2.35 bits per heavy atom. The minimum Gasteiger partial charge on any atom is -0.364 e. The quantitative estimate of drug-likeness (QED) is 0.861. The van der Waals surface area contributed by atoms with Gasteiger partial charge in [0.2, 0.25) is 0 Å². The fourth-order valence-corrected chi connectivity index (χ4v) is 1.33. The number of amides is 1. The molecule has 0 radical (unpaired) electrons. The van der Waals surface area contributed by atoms with Gasteiger partial charge >= 0.3 is 0 Å². The zero-order valence-electron chi connectivity index (χ0n) is 8.88. The van der Waals surface area contributed by atoms with E-state index in [-0.39, 0.29) is 5.91 Å². The Morgan fingerprint density at radius 3 is 3.06 bits per heavy atom. The van der Waals surface area contributed by atoms with Crippen LogP contribution in [0.3, 0.4) is 0 Å². The first-order chi connectivity index (χ1) is 8.29. The molecule has 84 valence electrons. The van der Waals surface area contributed by atoms with Gasteiger partial charge in [0.25, 0.3) is 5.91 Å². The number of rotatable bonds is 3. The van der Waals surface area contributed by atoms with Crippen LogP contribution >= 0.6 is 0 Å². The van der Waals surface area contributed by atoms with Crippen molar-refractivity contribution >= 4 is 5.91 Å². The van der Waals surface area contributed by atoms with Crippen LogP contribution in [0.2, 0.25) is 0 Å². The lowest BCUT2D eigenvalue weighted by molar-refractivity contribution is 0.0950. The summed E-state index contributed by atoms with van der Waals surface area (Å²) in [5.74, 6) is -0.245. The van der Waals surface area contributed by atoms with Crippen LogP contribution in [0.5, 0.6) is 0 Å². The van der Waals surface area contributed by atoms with Gasteiger partial charge in [0.05, 0.1) is 18.2 Å². The average molecular weight is 227 g/mol. The molecule has 5 nitrogen and oxygen atoms in total. The first kappa shape index (κ1) is 10.9. The predicted molar refractivity (Wildman–Crippen MR) is 58.8 cm³/mol. The van der Waals surface area contributed by atoms with E-state index in [2.05, 4.69) is 15.0 Å². The summed E-state index contributed by atoms with van der Waals surface area (Å²) in [6, 6.07) is 10.2. The summed E-state index contributed by atoms with van der Waals surface area (Å²) >= 11 is 0. The zero-order chi connectivity index (χ0) is 12.1. The van der Waals surface area contributed by atoms with Gasteiger partial charge in [0, 0.05) is 11.6 Å². The van der Waals surface area contributed by atoms with Crippen LogP contribution in [-0.4, -0.2) is 11.1 Å². The first-order valence-corrected chi connectivity index (χ1v) is 4.97. The molecule has 5 heteroatoms. The monoisotopic (exact) mass is 227 g/mol. The predicted octanol–water partition coefficient (Wildman–Crippen LogP) is 1.48. The number of hydrogen-bond acceptors (Lipinski definition) is 4. The minimum absolute atomic E-state index is 0.245. The zero-order valence-corrected chi connectivity index (χ0v) is 8.88. The number of nitrogens with one attached hydrogen (secondary N) is 1. The number of carbonyl (C=O) groups is 1. The molecule has 0 spiro atoms. The maximum absolute atomic E-state index is 11.7. The molecule has 0 atom stereocenters. The molecule has 1 heterocycles. The number of nitriles is 1. The van der Waals surface area contributed by atoms with Crippen molar-refractivity contribution in [2.24, 2.45) is 0 Å². The summed E-state index contributed by atoms with van der Waals surface area (Å²) in [6.45, 7) is 0.298. The highest BCUT2D eigenvalue weighted by Crippen LogP contribution is 2.04. The summed E-state index contributed by atoms with van der Waals surface area (Å²) in [5, 5.41) is 15.1. The number of hydrogen-bond donors (Lipinski definition) is 1. The molecule has 0 saturated heterocycles. The topological polar surface area (TPSA) is 78.9 Å². The third-order valence-electron chi connectivity index (χ3n) is 2.18. The molecule has 1 amide bonds. The Morgan fingerprint density at radius 1 is 1.47 bits per heavy atom. The van der Waals surface area contributed by atoms with Crippen molar-refractivity contribution in [2.75, 3.05) is 0 Å². The van der Waals surface area contributed by atoms with Crippen LogP contribution in [0.25, 0.3) is 0 Å². The van der Waals surface area contributed by atoms with Gasteiger partial charge in [0.15, 0.2) is 0 Å². The highest BCUT2D eigenvalue weighted by molar-refractivity contribution is 5.94. The number of benzene rings is 1. The lowest BCUT2D eigenvalue weighted by Gasteiger charge is -2.02. The largest absolute Gasteiger partial charge is 0.364 e. The van der Waals surface area contributed by atoms with E-state index < -0.39 is 0 Å². The Balaban J connectivity index is 2.02. The van der Waals surface area contributed by atoms with E-state index in [1.54, 1.807) is 24.3 Å². The lowest BCUT2D eigenvalue weighted by Crippen LogP contribution is -2.22. The second kappa shape index (κ2) is 4.94. The molecule has 0 fully saturated rings. The minimum atomic E-state index is -0.245. The molecular formula is C12H9N3O2. The summed E-state index contributed by atoms with van der Waals surface area (Å²) in [7, 11) is 0. The molecule has 0 aliphatic carbocycles. The fourth-order valence-electron chi connectivity index (χ4n) is 1.33. The van der Waals surface area contributed by atoms with Gasteiger partial charge in [-0.15, -0.1) is 0 Å². The molecular weight excluding hydrogens is 218 g/mol. The van der Waals surface area contributed by atoms with Crippen LogP contribution in [0.4, 0.5) is 0 Å². The standard InChI is InChI=1S/C12H9N3O2/c13-7-9-2-1-3-10(6-9)12(16)14-8-11-4-5-17-15-11/h1-6H,8H2,(H,14,16). The molecule has 0 unspecified atom stereocenters. The molecule has 2 aromatic rings. The van der Waals surface area contributed by atoms with Gasteiger partial charge in [-0.1, -0.05) is 11.2 Å². The van der Waals surface area contributed by atoms with Gasteiger partial charge in [-0.2, -0.15) is 5.26 Å². The molecule has 17 heavy (non-hydrogen) atoms. The number of aromatic nitrogens is 1.